The van der Waals surface area contributed by atoms with Crippen molar-refractivity contribution >= 4 is 39.2 Å². The molecule has 0 spiro atoms. The van der Waals surface area contributed by atoms with Crippen molar-refractivity contribution in [3.8, 4) is 0 Å². The number of anilines is 2. The van der Waals surface area contributed by atoms with Gasteiger partial charge in [0.25, 0.3) is 0 Å². The van der Waals surface area contributed by atoms with Crippen LogP contribution in [0.5, 0.6) is 0 Å². The van der Waals surface area contributed by atoms with Crippen LogP contribution in [0.15, 0.2) is 41.8 Å². The van der Waals surface area contributed by atoms with Gasteiger partial charge in [-0.05, 0) is 61.1 Å². The number of benzene rings is 1. The van der Waals surface area contributed by atoms with Crippen LogP contribution in [0.3, 0.4) is 0 Å². The average molecular weight is 407 g/mol. The lowest BCUT2D eigenvalue weighted by Gasteiger charge is -2.26. The van der Waals surface area contributed by atoms with Gasteiger partial charge in [-0.15, -0.1) is 11.3 Å². The number of carbonyl (C=O) groups excluding carboxylic acids is 1. The fraction of sp³-hybridized carbons (Fsp3) is 0.421. The van der Waals surface area contributed by atoms with Crippen LogP contribution in [0.25, 0.3) is 0 Å². The van der Waals surface area contributed by atoms with E-state index >= 15 is 0 Å². The topological polar surface area (TPSA) is 75.7 Å². The highest BCUT2D eigenvalue weighted by Crippen LogP contribution is 2.24. The minimum atomic E-state index is -2.33. The van der Waals surface area contributed by atoms with E-state index in [0.29, 0.717) is 11.4 Å². The molecular formula is C19H24N3O3S2-. The van der Waals surface area contributed by atoms with Crippen molar-refractivity contribution < 1.29 is 13.6 Å². The maximum atomic E-state index is 12.1. The highest BCUT2D eigenvalue weighted by Gasteiger charge is 2.12. The molecule has 1 aliphatic heterocycles. The number of carbonyl (C=O) groups is 1. The highest BCUT2D eigenvalue weighted by molar-refractivity contribution is 7.80. The van der Waals surface area contributed by atoms with E-state index in [4.69, 9.17) is 0 Å². The first kappa shape index (κ1) is 20.0. The van der Waals surface area contributed by atoms with Crippen LogP contribution in [-0.4, -0.2) is 39.2 Å². The first-order valence-electron chi connectivity index (χ1n) is 9.13. The van der Waals surface area contributed by atoms with Crippen molar-refractivity contribution in [3.63, 3.8) is 0 Å². The van der Waals surface area contributed by atoms with E-state index in [1.165, 1.54) is 34.9 Å². The maximum Gasteiger partial charge on any atom is 0.225 e. The molecule has 1 fully saturated rings. The fourth-order valence-electron chi connectivity index (χ4n) is 3.14. The van der Waals surface area contributed by atoms with Crippen molar-refractivity contribution in [1.29, 1.82) is 0 Å². The van der Waals surface area contributed by atoms with Crippen molar-refractivity contribution in [1.82, 2.24) is 4.90 Å². The number of likely N-dealkylation sites (tertiary alicyclic amines) is 1. The van der Waals surface area contributed by atoms with Crippen LogP contribution in [-0.2, 0) is 22.6 Å². The van der Waals surface area contributed by atoms with Crippen molar-refractivity contribution in [2.24, 2.45) is 0 Å². The second kappa shape index (κ2) is 9.98. The standard InChI is InChI=1S/C19H25N3O3S2/c23-18(10-13-21-11-2-1-3-12-21)20-17-8-6-16(7-9-17)15-22(27(24)25)19-5-4-14-26-19/h4-9,14H,1-3,10-13,15H2,(H,20,23)(H,24,25)/p-1. The highest BCUT2D eigenvalue weighted by atomic mass is 32.2. The van der Waals surface area contributed by atoms with E-state index in [0.717, 1.165) is 30.9 Å². The molecule has 2 heterocycles. The summed E-state index contributed by atoms with van der Waals surface area (Å²) in [6.07, 6.45) is 4.22. The second-order valence-electron chi connectivity index (χ2n) is 6.60. The molecule has 27 heavy (non-hydrogen) atoms. The summed E-state index contributed by atoms with van der Waals surface area (Å²) in [7, 11) is 0. The van der Waals surface area contributed by atoms with Gasteiger partial charge < -0.3 is 14.8 Å². The average Bonchev–Trinajstić information content (AvgIpc) is 3.21. The fourth-order valence-corrected chi connectivity index (χ4v) is 4.55. The Bertz CT molecular complexity index is 744. The Morgan fingerprint density at radius 1 is 1.19 bits per heavy atom. The zero-order valence-electron chi connectivity index (χ0n) is 15.1. The van der Waals surface area contributed by atoms with E-state index in [1.807, 2.05) is 35.7 Å². The van der Waals surface area contributed by atoms with Crippen LogP contribution < -0.4 is 9.62 Å². The Labute approximate surface area is 166 Å². The maximum absolute atomic E-state index is 12.1. The molecule has 1 aromatic heterocycles. The number of rotatable bonds is 8. The lowest BCUT2D eigenvalue weighted by atomic mass is 10.1. The number of thiophene rings is 1. The largest absolute Gasteiger partial charge is 0.755 e. The van der Waals surface area contributed by atoms with Gasteiger partial charge in [0.2, 0.25) is 5.91 Å². The van der Waals surface area contributed by atoms with Gasteiger partial charge in [-0.1, -0.05) is 18.6 Å². The Kier molecular flexibility index (Phi) is 7.40. The predicted octanol–water partition coefficient (Wildman–Crippen LogP) is 3.36. The predicted molar refractivity (Wildman–Crippen MR) is 109 cm³/mol. The number of nitrogens with one attached hydrogen (secondary N) is 1. The van der Waals surface area contributed by atoms with E-state index in [1.54, 1.807) is 6.07 Å². The van der Waals surface area contributed by atoms with E-state index in [2.05, 4.69) is 10.2 Å². The van der Waals surface area contributed by atoms with Gasteiger partial charge in [-0.3, -0.25) is 13.3 Å². The normalized spacial score (nSPS) is 16.0. The molecule has 0 saturated carbocycles. The van der Waals surface area contributed by atoms with Crippen molar-refractivity contribution in [2.75, 3.05) is 29.3 Å². The minimum absolute atomic E-state index is 0.00852. The van der Waals surface area contributed by atoms with Crippen LogP contribution in [0.2, 0.25) is 0 Å². The summed E-state index contributed by atoms with van der Waals surface area (Å²) < 4.78 is 24.3. The third-order valence-electron chi connectivity index (χ3n) is 4.60. The lowest BCUT2D eigenvalue weighted by molar-refractivity contribution is -0.116. The quantitative estimate of drug-likeness (QED) is 0.682. The Balaban J connectivity index is 1.50. The Hall–Kier alpha value is -1.74. The van der Waals surface area contributed by atoms with Crippen LogP contribution >= 0.6 is 11.3 Å². The molecule has 1 unspecified atom stereocenters. The zero-order valence-corrected chi connectivity index (χ0v) is 16.8. The molecule has 1 amide bonds. The summed E-state index contributed by atoms with van der Waals surface area (Å²) in [6, 6.07) is 10.9. The Morgan fingerprint density at radius 3 is 2.56 bits per heavy atom. The molecule has 2 aromatic rings. The van der Waals surface area contributed by atoms with Gasteiger partial charge in [0, 0.05) is 29.9 Å². The molecule has 0 aliphatic carbocycles. The van der Waals surface area contributed by atoms with Crippen LogP contribution in [0.1, 0.15) is 31.2 Å². The molecule has 0 bridgehead atoms. The number of amides is 1. The number of hydrogen-bond acceptors (Lipinski definition) is 5. The lowest BCUT2D eigenvalue weighted by Crippen LogP contribution is -2.32. The molecule has 3 rings (SSSR count). The van der Waals surface area contributed by atoms with E-state index in [9.17, 15) is 13.6 Å². The summed E-state index contributed by atoms with van der Waals surface area (Å²) in [5.41, 5.74) is 1.59. The van der Waals surface area contributed by atoms with Gasteiger partial charge >= 0.3 is 0 Å². The molecule has 1 N–H and O–H groups in total. The Morgan fingerprint density at radius 2 is 1.93 bits per heavy atom. The number of hydrogen-bond donors (Lipinski definition) is 1. The summed E-state index contributed by atoms with van der Waals surface area (Å²) >= 11 is -0.955. The van der Waals surface area contributed by atoms with Crippen LogP contribution in [0.4, 0.5) is 10.7 Å². The van der Waals surface area contributed by atoms with Gasteiger partial charge in [0.1, 0.15) is 5.00 Å². The molecule has 6 nitrogen and oxygen atoms in total. The molecule has 1 atom stereocenters. The van der Waals surface area contributed by atoms with Crippen LogP contribution in [0, 0.1) is 0 Å². The van der Waals surface area contributed by atoms with Gasteiger partial charge in [-0.2, -0.15) is 0 Å². The summed E-state index contributed by atoms with van der Waals surface area (Å²) in [5.74, 6) is 0.00852. The first-order chi connectivity index (χ1) is 13.1. The molecule has 146 valence electrons. The molecule has 1 aliphatic rings. The summed E-state index contributed by atoms with van der Waals surface area (Å²) in [5, 5.41) is 5.44. The number of nitrogens with zero attached hydrogens (tertiary/aromatic N) is 2. The third kappa shape index (κ3) is 6.14. The van der Waals surface area contributed by atoms with Gasteiger partial charge in [-0.25, -0.2) is 0 Å². The smallest absolute Gasteiger partial charge is 0.225 e. The zero-order chi connectivity index (χ0) is 19.1. The monoisotopic (exact) mass is 406 g/mol. The molecule has 8 heteroatoms. The van der Waals surface area contributed by atoms with Crippen molar-refractivity contribution in [3.05, 3.63) is 47.3 Å². The molecular weight excluding hydrogens is 382 g/mol. The van der Waals surface area contributed by atoms with E-state index in [-0.39, 0.29) is 12.5 Å². The SMILES string of the molecule is O=C(CCN1CCCCC1)Nc1ccc(CN(c2cccs2)S(=O)[O-])cc1. The van der Waals surface area contributed by atoms with Gasteiger partial charge in [0.15, 0.2) is 0 Å². The van der Waals surface area contributed by atoms with Gasteiger partial charge in [0.05, 0.1) is 6.54 Å². The molecule has 1 aromatic carbocycles. The van der Waals surface area contributed by atoms with Crippen molar-refractivity contribution in [2.45, 2.75) is 32.2 Å². The minimum Gasteiger partial charge on any atom is -0.755 e. The molecule has 0 radical (unpaired) electrons. The summed E-state index contributed by atoms with van der Waals surface area (Å²) in [6.45, 7) is 3.24. The van der Waals surface area contributed by atoms with E-state index < -0.39 is 11.3 Å². The summed E-state index contributed by atoms with van der Waals surface area (Å²) in [4.78, 5) is 14.5. The third-order valence-corrected chi connectivity index (χ3v) is 6.29. The molecule has 1 saturated heterocycles. The second-order valence-corrected chi connectivity index (χ2v) is 8.40. The first-order valence-corrected chi connectivity index (χ1v) is 11.0. The number of piperidine rings is 1.